The summed E-state index contributed by atoms with van der Waals surface area (Å²) in [4.78, 5) is 0. The zero-order valence-electron chi connectivity index (χ0n) is 9.79. The lowest BCUT2D eigenvalue weighted by atomic mass is 10.2. The molecule has 1 aromatic heterocycles. The minimum Gasteiger partial charge on any atom is -0.419 e. The summed E-state index contributed by atoms with van der Waals surface area (Å²) >= 11 is 0. The summed E-state index contributed by atoms with van der Waals surface area (Å²) in [6.07, 6.45) is 2.20. The number of hydrogen-bond acceptors (Lipinski definition) is 4. The van der Waals surface area contributed by atoms with Gasteiger partial charge >= 0.3 is 0 Å². The second-order valence-electron chi connectivity index (χ2n) is 4.40. The number of halogens is 3. The Kier molecular flexibility index (Phi) is 2.98. The van der Waals surface area contributed by atoms with Crippen LogP contribution in [0.25, 0.3) is 11.5 Å². The predicted molar refractivity (Wildman–Crippen MR) is 59.5 cm³/mol. The van der Waals surface area contributed by atoms with Crippen molar-refractivity contribution in [3.8, 4) is 11.5 Å². The molecule has 100 valence electrons. The van der Waals surface area contributed by atoms with Gasteiger partial charge in [0.1, 0.15) is 23.0 Å². The molecular formula is C12H10F3N3O. The molecule has 0 spiro atoms. The van der Waals surface area contributed by atoms with Crippen molar-refractivity contribution in [3.05, 3.63) is 35.5 Å². The first kappa shape index (κ1) is 12.2. The Morgan fingerprint density at radius 1 is 1.16 bits per heavy atom. The van der Waals surface area contributed by atoms with Crippen LogP contribution >= 0.6 is 0 Å². The highest BCUT2D eigenvalue weighted by Crippen LogP contribution is 2.26. The molecule has 0 amide bonds. The van der Waals surface area contributed by atoms with E-state index in [9.17, 15) is 13.2 Å². The largest absolute Gasteiger partial charge is 0.419 e. The smallest absolute Gasteiger partial charge is 0.253 e. The van der Waals surface area contributed by atoms with Crippen LogP contribution in [0.3, 0.4) is 0 Å². The van der Waals surface area contributed by atoms with Crippen LogP contribution in [-0.2, 0) is 6.54 Å². The molecule has 4 nitrogen and oxygen atoms in total. The van der Waals surface area contributed by atoms with Gasteiger partial charge in [0, 0.05) is 18.2 Å². The third-order valence-corrected chi connectivity index (χ3v) is 2.81. The van der Waals surface area contributed by atoms with E-state index in [2.05, 4.69) is 15.5 Å². The van der Waals surface area contributed by atoms with Crippen LogP contribution in [0.1, 0.15) is 18.7 Å². The van der Waals surface area contributed by atoms with Gasteiger partial charge < -0.3 is 9.73 Å². The van der Waals surface area contributed by atoms with E-state index in [-0.39, 0.29) is 11.8 Å². The van der Waals surface area contributed by atoms with Gasteiger partial charge in [0.25, 0.3) is 5.89 Å². The van der Waals surface area contributed by atoms with Gasteiger partial charge in [-0.05, 0) is 12.8 Å². The van der Waals surface area contributed by atoms with Crippen LogP contribution in [-0.4, -0.2) is 16.2 Å². The molecule has 1 fully saturated rings. The standard InChI is InChI=1S/C12H10F3N3O/c13-6-3-8(14)11(9(15)4-6)12-18-17-10(19-12)5-16-7-1-2-7/h3-4,7,16H,1-2,5H2. The zero-order valence-corrected chi connectivity index (χ0v) is 9.79. The van der Waals surface area contributed by atoms with Crippen LogP contribution in [0, 0.1) is 17.5 Å². The van der Waals surface area contributed by atoms with Crippen molar-refractivity contribution in [2.24, 2.45) is 0 Å². The van der Waals surface area contributed by atoms with E-state index < -0.39 is 23.0 Å². The minimum absolute atomic E-state index is 0.241. The van der Waals surface area contributed by atoms with Crippen molar-refractivity contribution < 1.29 is 17.6 Å². The van der Waals surface area contributed by atoms with Crippen molar-refractivity contribution in [2.75, 3.05) is 0 Å². The third-order valence-electron chi connectivity index (χ3n) is 2.81. The highest BCUT2D eigenvalue weighted by molar-refractivity contribution is 5.54. The molecular weight excluding hydrogens is 259 g/mol. The highest BCUT2D eigenvalue weighted by Gasteiger charge is 2.22. The minimum atomic E-state index is -1.07. The van der Waals surface area contributed by atoms with Crippen molar-refractivity contribution in [1.82, 2.24) is 15.5 Å². The summed E-state index contributed by atoms with van der Waals surface area (Å²) in [6.45, 7) is 0.349. The van der Waals surface area contributed by atoms with Crippen LogP contribution in [0.2, 0.25) is 0 Å². The van der Waals surface area contributed by atoms with Crippen molar-refractivity contribution in [1.29, 1.82) is 0 Å². The number of hydrogen-bond donors (Lipinski definition) is 1. The van der Waals surface area contributed by atoms with Gasteiger partial charge in [0.2, 0.25) is 5.89 Å². The summed E-state index contributed by atoms with van der Waals surface area (Å²) in [5, 5.41) is 10.4. The maximum atomic E-state index is 13.5. The van der Waals surface area contributed by atoms with Gasteiger partial charge in [-0.1, -0.05) is 0 Å². The molecule has 3 rings (SSSR count). The first-order valence-corrected chi connectivity index (χ1v) is 5.84. The lowest BCUT2D eigenvalue weighted by Gasteiger charge is -2.00. The lowest BCUT2D eigenvalue weighted by Crippen LogP contribution is -2.15. The molecule has 0 saturated heterocycles. The zero-order chi connectivity index (χ0) is 13.4. The molecule has 0 bridgehead atoms. The van der Waals surface area contributed by atoms with Gasteiger partial charge in [-0.15, -0.1) is 10.2 Å². The summed E-state index contributed by atoms with van der Waals surface area (Å²) in [7, 11) is 0. The van der Waals surface area contributed by atoms with Crippen LogP contribution < -0.4 is 5.32 Å². The van der Waals surface area contributed by atoms with Crippen molar-refractivity contribution in [2.45, 2.75) is 25.4 Å². The molecule has 1 heterocycles. The van der Waals surface area contributed by atoms with Crippen molar-refractivity contribution in [3.63, 3.8) is 0 Å². The highest BCUT2D eigenvalue weighted by atomic mass is 19.1. The number of rotatable bonds is 4. The van der Waals surface area contributed by atoms with Gasteiger partial charge in [-0.2, -0.15) is 0 Å². The summed E-state index contributed by atoms with van der Waals surface area (Å²) < 4.78 is 45.0. The Morgan fingerprint density at radius 2 is 1.84 bits per heavy atom. The second-order valence-corrected chi connectivity index (χ2v) is 4.40. The molecule has 2 aromatic rings. The SMILES string of the molecule is Fc1cc(F)c(-c2nnc(CNC3CC3)o2)c(F)c1. The van der Waals surface area contributed by atoms with Gasteiger partial charge in [-0.25, -0.2) is 13.2 Å². The Labute approximate surface area is 106 Å². The van der Waals surface area contributed by atoms with E-state index in [0.29, 0.717) is 24.7 Å². The Bertz CT molecular complexity index is 587. The average Bonchev–Trinajstić information content (AvgIpc) is 3.05. The van der Waals surface area contributed by atoms with Crippen molar-refractivity contribution >= 4 is 0 Å². The number of benzene rings is 1. The molecule has 0 aliphatic heterocycles. The molecule has 1 N–H and O–H groups in total. The predicted octanol–water partition coefficient (Wildman–Crippen LogP) is 2.41. The maximum Gasteiger partial charge on any atom is 0.253 e. The number of aromatic nitrogens is 2. The Morgan fingerprint density at radius 3 is 2.47 bits per heavy atom. The van der Waals surface area contributed by atoms with E-state index in [1.807, 2.05) is 0 Å². The fourth-order valence-corrected chi connectivity index (χ4v) is 1.69. The topological polar surface area (TPSA) is 51.0 Å². The van der Waals surface area contributed by atoms with E-state index in [0.717, 1.165) is 12.8 Å². The summed E-state index contributed by atoms with van der Waals surface area (Å²) in [5.74, 6) is -3.17. The van der Waals surface area contributed by atoms with Gasteiger partial charge in [0.15, 0.2) is 0 Å². The first-order valence-electron chi connectivity index (χ1n) is 5.84. The molecule has 1 aromatic carbocycles. The molecule has 1 aliphatic carbocycles. The maximum absolute atomic E-state index is 13.5. The number of nitrogens with zero attached hydrogens (tertiary/aromatic N) is 2. The normalized spacial score (nSPS) is 14.9. The molecule has 1 saturated carbocycles. The van der Waals surface area contributed by atoms with E-state index in [4.69, 9.17) is 4.42 Å². The van der Waals surface area contributed by atoms with E-state index in [1.165, 1.54) is 0 Å². The monoisotopic (exact) mass is 269 g/mol. The Balaban J connectivity index is 1.85. The van der Waals surface area contributed by atoms with E-state index in [1.54, 1.807) is 0 Å². The fraction of sp³-hybridized carbons (Fsp3) is 0.333. The van der Waals surface area contributed by atoms with E-state index >= 15 is 0 Å². The molecule has 7 heteroatoms. The quantitative estimate of drug-likeness (QED) is 0.926. The molecule has 19 heavy (non-hydrogen) atoms. The second kappa shape index (κ2) is 4.65. The lowest BCUT2D eigenvalue weighted by molar-refractivity contribution is 0.468. The van der Waals surface area contributed by atoms with Crippen LogP contribution in [0.5, 0.6) is 0 Å². The first-order chi connectivity index (χ1) is 9.13. The van der Waals surface area contributed by atoms with Gasteiger partial charge in [0.05, 0.1) is 6.54 Å². The number of nitrogens with one attached hydrogen (secondary N) is 1. The third kappa shape index (κ3) is 2.60. The molecule has 1 aliphatic rings. The summed E-state index contributed by atoms with van der Waals surface area (Å²) in [5.41, 5.74) is -0.508. The van der Waals surface area contributed by atoms with Crippen LogP contribution in [0.15, 0.2) is 16.5 Å². The molecule has 0 atom stereocenters. The molecule has 0 radical (unpaired) electrons. The summed E-state index contributed by atoms with van der Waals surface area (Å²) in [6, 6.07) is 1.60. The van der Waals surface area contributed by atoms with Crippen LogP contribution in [0.4, 0.5) is 13.2 Å². The molecule has 0 unspecified atom stereocenters. The Hall–Kier alpha value is -1.89. The van der Waals surface area contributed by atoms with Gasteiger partial charge in [-0.3, -0.25) is 0 Å². The fourth-order valence-electron chi connectivity index (χ4n) is 1.69. The average molecular weight is 269 g/mol.